The van der Waals surface area contributed by atoms with Gasteiger partial charge in [-0.2, -0.15) is 0 Å². The molecule has 0 unspecified atom stereocenters. The van der Waals surface area contributed by atoms with Crippen LogP contribution in [-0.4, -0.2) is 5.11 Å². The fourth-order valence-electron chi connectivity index (χ4n) is 0.453. The van der Waals surface area contributed by atoms with Gasteiger partial charge in [0.25, 0.3) is 0 Å². The number of phenols is 1. The molecule has 0 aromatic heterocycles. The Morgan fingerprint density at radius 3 is 1.89 bits per heavy atom. The van der Waals surface area contributed by atoms with E-state index in [0.717, 1.165) is 4.90 Å². The Morgan fingerprint density at radius 1 is 1.11 bits per heavy atom. The van der Waals surface area contributed by atoms with Gasteiger partial charge in [-0.1, -0.05) is 0 Å². The van der Waals surface area contributed by atoms with E-state index in [1.165, 1.54) is 0 Å². The number of aromatic hydroxyl groups is 1. The van der Waals surface area contributed by atoms with E-state index in [-0.39, 0.29) is 28.1 Å². The van der Waals surface area contributed by atoms with Gasteiger partial charge in [0, 0.05) is 27.3 Å². The Morgan fingerprint density at radius 2 is 1.56 bits per heavy atom. The molecule has 0 bridgehead atoms. The summed E-state index contributed by atoms with van der Waals surface area (Å²) in [6, 6.07) is 6.67. The van der Waals surface area contributed by atoms with Gasteiger partial charge in [0.1, 0.15) is 5.75 Å². The fraction of sp³-hybridized carbons (Fsp3) is 0. The Kier molecular flexibility index (Phi) is 4.06. The van der Waals surface area contributed by atoms with Gasteiger partial charge < -0.3 is 5.11 Å². The van der Waals surface area contributed by atoms with Crippen LogP contribution >= 0.6 is 12.6 Å². The van der Waals surface area contributed by atoms with Gasteiger partial charge in [-0.3, -0.25) is 0 Å². The molecule has 0 amide bonds. The van der Waals surface area contributed by atoms with Crippen molar-refractivity contribution in [3.05, 3.63) is 24.3 Å². The first kappa shape index (κ1) is 9.11. The molecule has 0 saturated carbocycles. The van der Waals surface area contributed by atoms with Crippen LogP contribution in [0.5, 0.6) is 5.75 Å². The molecule has 1 aromatic rings. The summed E-state index contributed by atoms with van der Waals surface area (Å²) in [5.74, 6) is 0.280. The molecule has 0 aliphatic rings. The quantitative estimate of drug-likeness (QED) is 0.550. The maximum Gasteiger partial charge on any atom is 0.115 e. The van der Waals surface area contributed by atoms with E-state index in [1.54, 1.807) is 24.3 Å². The van der Waals surface area contributed by atoms with Gasteiger partial charge in [-0.05, 0) is 24.3 Å². The summed E-state index contributed by atoms with van der Waals surface area (Å²) < 4.78 is 0. The van der Waals surface area contributed by atoms with Crippen LogP contribution in [0.2, 0.25) is 0 Å². The minimum Gasteiger partial charge on any atom is -0.508 e. The predicted molar refractivity (Wildman–Crippen MR) is 35.4 cm³/mol. The van der Waals surface area contributed by atoms with Crippen molar-refractivity contribution in [2.45, 2.75) is 4.90 Å². The van der Waals surface area contributed by atoms with Gasteiger partial charge in [0.2, 0.25) is 0 Å². The standard InChI is InChI=1S/C6H6OS.Au/c7-5-1-3-6(8)4-2-5;/h1-4,7-8H;. The van der Waals surface area contributed by atoms with Crippen LogP contribution < -0.4 is 0 Å². The second kappa shape index (κ2) is 4.01. The van der Waals surface area contributed by atoms with Crippen molar-refractivity contribution in [2.24, 2.45) is 0 Å². The van der Waals surface area contributed by atoms with Crippen LogP contribution in [0.3, 0.4) is 0 Å². The van der Waals surface area contributed by atoms with Crippen molar-refractivity contribution >= 4 is 12.6 Å². The number of benzene rings is 1. The summed E-state index contributed by atoms with van der Waals surface area (Å²) in [7, 11) is 0. The van der Waals surface area contributed by atoms with Crippen LogP contribution in [0, 0.1) is 0 Å². The topological polar surface area (TPSA) is 20.2 Å². The number of hydrogen-bond acceptors (Lipinski definition) is 2. The fourth-order valence-corrected chi connectivity index (χ4v) is 0.602. The van der Waals surface area contributed by atoms with E-state index in [9.17, 15) is 0 Å². The van der Waals surface area contributed by atoms with Crippen molar-refractivity contribution in [1.82, 2.24) is 0 Å². The third-order valence-electron chi connectivity index (χ3n) is 0.850. The minimum atomic E-state index is 0. The molecular formula is C6H6AuOS. The van der Waals surface area contributed by atoms with Gasteiger partial charge in [-0.25, -0.2) is 0 Å². The van der Waals surface area contributed by atoms with Crippen molar-refractivity contribution in [1.29, 1.82) is 0 Å². The first-order chi connectivity index (χ1) is 3.79. The zero-order chi connectivity index (χ0) is 5.98. The zero-order valence-corrected chi connectivity index (χ0v) is 7.57. The Bertz CT molecular complexity index is 152. The Balaban J connectivity index is 0.000000640. The van der Waals surface area contributed by atoms with Crippen LogP contribution in [0.15, 0.2) is 29.2 Å². The number of rotatable bonds is 0. The predicted octanol–water partition coefficient (Wildman–Crippen LogP) is 1.68. The Labute approximate surface area is 75.0 Å². The summed E-state index contributed by atoms with van der Waals surface area (Å²) >= 11 is 4.02. The van der Waals surface area contributed by atoms with E-state index >= 15 is 0 Å². The molecule has 1 radical (unpaired) electrons. The minimum absolute atomic E-state index is 0. The molecular weight excluding hydrogens is 317 g/mol. The largest absolute Gasteiger partial charge is 0.508 e. The molecule has 53 valence electrons. The molecule has 0 aliphatic carbocycles. The molecule has 0 spiro atoms. The second-order valence-electron chi connectivity index (χ2n) is 1.52. The van der Waals surface area contributed by atoms with Gasteiger partial charge in [0.05, 0.1) is 0 Å². The van der Waals surface area contributed by atoms with E-state index in [1.807, 2.05) is 0 Å². The normalized spacial score (nSPS) is 8.11. The first-order valence-corrected chi connectivity index (χ1v) is 2.72. The summed E-state index contributed by atoms with van der Waals surface area (Å²) in [5.41, 5.74) is 0. The molecule has 0 saturated heterocycles. The van der Waals surface area contributed by atoms with Crippen LogP contribution in [0.25, 0.3) is 0 Å². The monoisotopic (exact) mass is 323 g/mol. The third-order valence-corrected chi connectivity index (χ3v) is 1.15. The van der Waals surface area contributed by atoms with Crippen LogP contribution in [-0.2, 0) is 22.4 Å². The van der Waals surface area contributed by atoms with Crippen LogP contribution in [0.4, 0.5) is 0 Å². The molecule has 1 nitrogen and oxygen atoms in total. The maximum absolute atomic E-state index is 8.72. The second-order valence-corrected chi connectivity index (χ2v) is 2.03. The zero-order valence-electron chi connectivity index (χ0n) is 4.51. The Hall–Kier alpha value is 0.110. The molecule has 1 rings (SSSR count). The van der Waals surface area contributed by atoms with E-state index < -0.39 is 0 Å². The molecule has 1 N–H and O–H groups in total. The molecule has 1 aromatic carbocycles. The van der Waals surface area contributed by atoms with Gasteiger partial charge >= 0.3 is 0 Å². The summed E-state index contributed by atoms with van der Waals surface area (Å²) in [6.07, 6.45) is 0. The van der Waals surface area contributed by atoms with Crippen molar-refractivity contribution < 1.29 is 27.5 Å². The molecule has 0 atom stereocenters. The van der Waals surface area contributed by atoms with E-state index in [2.05, 4.69) is 12.6 Å². The van der Waals surface area contributed by atoms with Crippen molar-refractivity contribution in [3.8, 4) is 5.75 Å². The molecule has 9 heavy (non-hydrogen) atoms. The number of thiol groups is 1. The molecule has 3 heteroatoms. The van der Waals surface area contributed by atoms with Crippen molar-refractivity contribution in [3.63, 3.8) is 0 Å². The summed E-state index contributed by atoms with van der Waals surface area (Å²) in [6.45, 7) is 0. The average molecular weight is 323 g/mol. The molecule has 0 aliphatic heterocycles. The van der Waals surface area contributed by atoms with Gasteiger partial charge in [0.15, 0.2) is 0 Å². The smallest absolute Gasteiger partial charge is 0.115 e. The third kappa shape index (κ3) is 2.96. The summed E-state index contributed by atoms with van der Waals surface area (Å²) in [5, 5.41) is 8.72. The summed E-state index contributed by atoms with van der Waals surface area (Å²) in [4.78, 5) is 0.864. The number of phenolic OH excluding ortho intramolecular Hbond substituents is 1. The van der Waals surface area contributed by atoms with Gasteiger partial charge in [-0.15, -0.1) is 12.6 Å². The number of hydrogen-bond donors (Lipinski definition) is 2. The van der Waals surface area contributed by atoms with Crippen LogP contribution in [0.1, 0.15) is 0 Å². The SMILES string of the molecule is Oc1ccc(S)cc1.[Au]. The maximum atomic E-state index is 8.72. The van der Waals surface area contributed by atoms with E-state index in [0.29, 0.717) is 0 Å². The molecule has 0 fully saturated rings. The van der Waals surface area contributed by atoms with Crippen molar-refractivity contribution in [2.75, 3.05) is 0 Å². The first-order valence-electron chi connectivity index (χ1n) is 2.27. The molecule has 0 heterocycles. The van der Waals surface area contributed by atoms with E-state index in [4.69, 9.17) is 5.11 Å². The average Bonchev–Trinajstić information content (AvgIpc) is 1.77.